The number of nitrogens with zero attached hydrogens (tertiary/aromatic N) is 2. The second-order valence-electron chi connectivity index (χ2n) is 2.45. The number of halogens is 1. The van der Waals surface area contributed by atoms with Crippen LogP contribution < -0.4 is 0 Å². The Labute approximate surface area is 77.0 Å². The predicted octanol–water partition coefficient (Wildman–Crippen LogP) is 2.81. The van der Waals surface area contributed by atoms with E-state index in [1.54, 1.807) is 22.9 Å². The molecule has 70 valence electrons. The van der Waals surface area contributed by atoms with Crippen LogP contribution in [0.5, 0.6) is 0 Å². The first-order valence-corrected chi connectivity index (χ1v) is 4.37. The predicted molar refractivity (Wildman–Crippen MR) is 51.2 cm³/mol. The van der Waals surface area contributed by atoms with Crippen LogP contribution in [0.25, 0.3) is 5.65 Å². The SMILES string of the molecule is CC.Cc1cnc2c(F)cccn12. The highest BCUT2D eigenvalue weighted by Crippen LogP contribution is 2.08. The first-order valence-electron chi connectivity index (χ1n) is 4.37. The number of rotatable bonds is 0. The standard InChI is InChI=1S/C8H7FN2.C2H6/c1-6-5-10-8-7(9)3-2-4-11(6)8;1-2/h2-5H,1H3;1-2H3. The number of aromatic nitrogens is 2. The van der Waals surface area contributed by atoms with Gasteiger partial charge in [0.2, 0.25) is 0 Å². The van der Waals surface area contributed by atoms with Crippen molar-refractivity contribution in [2.75, 3.05) is 0 Å². The highest BCUT2D eigenvalue weighted by molar-refractivity contribution is 5.41. The molecule has 2 rings (SSSR count). The molecule has 13 heavy (non-hydrogen) atoms. The van der Waals surface area contributed by atoms with Crippen molar-refractivity contribution in [1.29, 1.82) is 0 Å². The molecule has 0 aliphatic carbocycles. The molecule has 2 aromatic rings. The molecule has 0 aliphatic rings. The third kappa shape index (κ3) is 1.69. The molecule has 0 fully saturated rings. The van der Waals surface area contributed by atoms with E-state index >= 15 is 0 Å². The van der Waals surface area contributed by atoms with E-state index in [1.807, 2.05) is 20.8 Å². The molecule has 0 atom stereocenters. The second kappa shape index (κ2) is 4.03. The minimum Gasteiger partial charge on any atom is -0.302 e. The zero-order valence-electron chi connectivity index (χ0n) is 8.08. The van der Waals surface area contributed by atoms with Crippen molar-refractivity contribution in [2.45, 2.75) is 20.8 Å². The molecular weight excluding hydrogens is 167 g/mol. The quantitative estimate of drug-likeness (QED) is 0.609. The van der Waals surface area contributed by atoms with E-state index in [0.717, 1.165) is 5.69 Å². The fourth-order valence-electron chi connectivity index (χ4n) is 1.10. The highest BCUT2D eigenvalue weighted by Gasteiger charge is 2.01. The van der Waals surface area contributed by atoms with Crippen LogP contribution >= 0.6 is 0 Å². The van der Waals surface area contributed by atoms with Crippen LogP contribution in [0.2, 0.25) is 0 Å². The number of hydrogen-bond donors (Lipinski definition) is 0. The largest absolute Gasteiger partial charge is 0.302 e. The molecule has 2 aromatic heterocycles. The maximum Gasteiger partial charge on any atom is 0.173 e. The Kier molecular flexibility index (Phi) is 3.01. The lowest BCUT2D eigenvalue weighted by molar-refractivity contribution is 0.629. The van der Waals surface area contributed by atoms with Gasteiger partial charge in [-0.25, -0.2) is 9.37 Å². The van der Waals surface area contributed by atoms with Crippen molar-refractivity contribution in [3.8, 4) is 0 Å². The first-order chi connectivity index (χ1) is 6.29. The molecule has 3 heteroatoms. The van der Waals surface area contributed by atoms with E-state index in [9.17, 15) is 4.39 Å². The molecule has 0 saturated heterocycles. The zero-order valence-corrected chi connectivity index (χ0v) is 8.08. The van der Waals surface area contributed by atoms with Gasteiger partial charge in [-0.1, -0.05) is 13.8 Å². The van der Waals surface area contributed by atoms with E-state index in [4.69, 9.17) is 0 Å². The van der Waals surface area contributed by atoms with Crippen molar-refractivity contribution < 1.29 is 4.39 Å². The summed E-state index contributed by atoms with van der Waals surface area (Å²) in [5.41, 5.74) is 1.34. The Balaban J connectivity index is 0.000000396. The Morgan fingerprint density at radius 3 is 2.69 bits per heavy atom. The summed E-state index contributed by atoms with van der Waals surface area (Å²) in [6.45, 7) is 5.89. The average molecular weight is 180 g/mol. The lowest BCUT2D eigenvalue weighted by Gasteiger charge is -1.94. The summed E-state index contributed by atoms with van der Waals surface area (Å²) in [4.78, 5) is 3.91. The molecule has 0 unspecified atom stereocenters. The van der Waals surface area contributed by atoms with Gasteiger partial charge < -0.3 is 4.40 Å². The lowest BCUT2D eigenvalue weighted by Crippen LogP contribution is -1.88. The average Bonchev–Trinajstić information content (AvgIpc) is 2.53. The van der Waals surface area contributed by atoms with Gasteiger partial charge in [-0.15, -0.1) is 0 Å². The van der Waals surface area contributed by atoms with Crippen LogP contribution in [-0.4, -0.2) is 9.38 Å². The van der Waals surface area contributed by atoms with Gasteiger partial charge in [0.25, 0.3) is 0 Å². The molecule has 2 nitrogen and oxygen atoms in total. The van der Waals surface area contributed by atoms with Crippen LogP contribution in [0.1, 0.15) is 19.5 Å². The Morgan fingerprint density at radius 1 is 1.38 bits per heavy atom. The number of fused-ring (bicyclic) bond motifs is 1. The third-order valence-electron chi connectivity index (χ3n) is 1.67. The molecule has 0 radical (unpaired) electrons. The lowest BCUT2D eigenvalue weighted by atomic mass is 10.4. The van der Waals surface area contributed by atoms with Crippen molar-refractivity contribution in [3.05, 3.63) is 36.0 Å². The van der Waals surface area contributed by atoms with E-state index in [2.05, 4.69) is 4.98 Å². The van der Waals surface area contributed by atoms with Gasteiger partial charge in [0.05, 0.1) is 0 Å². The van der Waals surface area contributed by atoms with Gasteiger partial charge in [-0.2, -0.15) is 0 Å². The fourth-order valence-corrected chi connectivity index (χ4v) is 1.10. The molecule has 0 N–H and O–H groups in total. The zero-order chi connectivity index (χ0) is 9.84. The smallest absolute Gasteiger partial charge is 0.173 e. The Morgan fingerprint density at radius 2 is 2.08 bits per heavy atom. The summed E-state index contributed by atoms with van der Waals surface area (Å²) < 4.78 is 14.6. The van der Waals surface area contributed by atoms with Crippen molar-refractivity contribution in [3.63, 3.8) is 0 Å². The molecule has 0 bridgehead atoms. The third-order valence-corrected chi connectivity index (χ3v) is 1.67. The summed E-state index contributed by atoms with van der Waals surface area (Å²) >= 11 is 0. The molecule has 2 heterocycles. The van der Waals surface area contributed by atoms with Crippen molar-refractivity contribution in [1.82, 2.24) is 9.38 Å². The van der Waals surface area contributed by atoms with Crippen LogP contribution in [0.15, 0.2) is 24.5 Å². The van der Waals surface area contributed by atoms with Crippen LogP contribution in [-0.2, 0) is 0 Å². The summed E-state index contributed by atoms with van der Waals surface area (Å²) in [6, 6.07) is 3.07. The summed E-state index contributed by atoms with van der Waals surface area (Å²) in [7, 11) is 0. The van der Waals surface area contributed by atoms with Gasteiger partial charge in [0.15, 0.2) is 11.5 Å². The van der Waals surface area contributed by atoms with Crippen molar-refractivity contribution >= 4 is 5.65 Å². The van der Waals surface area contributed by atoms with Crippen LogP contribution in [0, 0.1) is 12.7 Å². The molecule has 0 amide bonds. The fraction of sp³-hybridized carbons (Fsp3) is 0.300. The van der Waals surface area contributed by atoms with E-state index in [1.165, 1.54) is 6.07 Å². The van der Waals surface area contributed by atoms with E-state index < -0.39 is 0 Å². The molecule has 0 aromatic carbocycles. The summed E-state index contributed by atoms with van der Waals surface area (Å²) in [5.74, 6) is -0.277. The Bertz CT molecular complexity index is 393. The summed E-state index contributed by atoms with van der Waals surface area (Å²) in [6.07, 6.45) is 3.44. The van der Waals surface area contributed by atoms with Crippen LogP contribution in [0.4, 0.5) is 4.39 Å². The normalized spacial score (nSPS) is 9.54. The minimum absolute atomic E-state index is 0.277. The summed E-state index contributed by atoms with van der Waals surface area (Å²) in [5, 5.41) is 0. The van der Waals surface area contributed by atoms with Gasteiger partial charge in [-0.3, -0.25) is 0 Å². The maximum absolute atomic E-state index is 12.9. The second-order valence-corrected chi connectivity index (χ2v) is 2.45. The van der Waals surface area contributed by atoms with Crippen molar-refractivity contribution in [2.24, 2.45) is 0 Å². The van der Waals surface area contributed by atoms with Gasteiger partial charge in [0, 0.05) is 18.1 Å². The monoisotopic (exact) mass is 180 g/mol. The molecule has 0 spiro atoms. The van der Waals surface area contributed by atoms with Gasteiger partial charge in [-0.05, 0) is 19.1 Å². The first kappa shape index (κ1) is 9.71. The number of hydrogen-bond acceptors (Lipinski definition) is 1. The number of aryl methyl sites for hydroxylation is 1. The molecular formula is C10H13FN2. The van der Waals surface area contributed by atoms with Gasteiger partial charge in [0.1, 0.15) is 0 Å². The minimum atomic E-state index is -0.277. The highest BCUT2D eigenvalue weighted by atomic mass is 19.1. The number of pyridine rings is 1. The van der Waals surface area contributed by atoms with Crippen LogP contribution in [0.3, 0.4) is 0 Å². The van der Waals surface area contributed by atoms with E-state index in [0.29, 0.717) is 5.65 Å². The number of imidazole rings is 1. The van der Waals surface area contributed by atoms with Gasteiger partial charge >= 0.3 is 0 Å². The molecule has 0 saturated carbocycles. The molecule has 0 aliphatic heterocycles. The van der Waals surface area contributed by atoms with E-state index in [-0.39, 0.29) is 5.82 Å². The maximum atomic E-state index is 12.9. The topological polar surface area (TPSA) is 17.3 Å². The Hall–Kier alpha value is -1.38.